The third kappa shape index (κ3) is 13.0. The van der Waals surface area contributed by atoms with Crippen molar-refractivity contribution in [3.05, 3.63) is 194 Å². The van der Waals surface area contributed by atoms with E-state index in [2.05, 4.69) is 18.2 Å². The Morgan fingerprint density at radius 2 is 0.782 bits per heavy atom. The summed E-state index contributed by atoms with van der Waals surface area (Å²) in [6.45, 7) is 10.8. The minimum absolute atomic E-state index is 0.0586. The Bertz CT molecular complexity index is 3910. The van der Waals surface area contributed by atoms with Crippen molar-refractivity contribution in [3.8, 4) is 0 Å². The molecule has 10 amide bonds. The lowest BCUT2D eigenvalue weighted by atomic mass is 10.1. The maximum atomic E-state index is 12.9. The van der Waals surface area contributed by atoms with E-state index in [-0.39, 0.29) is 77.3 Å². The molecule has 5 heterocycles. The number of hydrogen-bond donors (Lipinski definition) is 0. The van der Waals surface area contributed by atoms with Gasteiger partial charge in [-0.2, -0.15) is 0 Å². The van der Waals surface area contributed by atoms with Crippen LogP contribution in [0.25, 0.3) is 0 Å². The van der Waals surface area contributed by atoms with Crippen molar-refractivity contribution in [1.82, 2.24) is 24.5 Å². The molecule has 12 rings (SSSR count). The maximum Gasteiger partial charge on any atom is 0.417 e. The Morgan fingerprint density at radius 3 is 1.20 bits per heavy atom. The third-order valence-electron chi connectivity index (χ3n) is 14.8. The summed E-state index contributed by atoms with van der Waals surface area (Å²) in [6, 6.07) is 36.2. The van der Waals surface area contributed by atoms with E-state index in [1.807, 2.05) is 12.1 Å². The molecule has 5 aliphatic heterocycles. The molecular formula is C65H61N5O14S3. The van der Waals surface area contributed by atoms with Crippen molar-refractivity contribution in [2.24, 2.45) is 0 Å². The molecule has 19 nitrogen and oxygen atoms in total. The lowest BCUT2D eigenvalue weighted by molar-refractivity contribution is 0.0231. The number of nitrogens with zero attached hydrogens (tertiary/aromatic N) is 5. The number of ether oxygens (including phenoxy) is 2. The summed E-state index contributed by atoms with van der Waals surface area (Å²) in [5.41, 5.74) is 5.72. The minimum Gasteiger partial charge on any atom is -0.443 e. The van der Waals surface area contributed by atoms with Gasteiger partial charge < -0.3 is 9.47 Å². The fourth-order valence-electron chi connectivity index (χ4n) is 10.6. The normalized spacial score (nSPS) is 15.6. The van der Waals surface area contributed by atoms with Gasteiger partial charge in [0.05, 0.1) is 57.1 Å². The van der Waals surface area contributed by atoms with E-state index in [4.69, 9.17) is 9.47 Å². The number of aryl methyl sites for hydroxylation is 2. The second kappa shape index (κ2) is 24.6. The van der Waals surface area contributed by atoms with E-state index < -0.39 is 56.7 Å². The van der Waals surface area contributed by atoms with E-state index in [1.165, 1.54) is 87.2 Å². The molecule has 0 aromatic heterocycles. The van der Waals surface area contributed by atoms with Gasteiger partial charge in [-0.25, -0.2) is 27.8 Å². The third-order valence-corrected chi connectivity index (χ3v) is 18.4. The summed E-state index contributed by atoms with van der Waals surface area (Å²) in [7, 11) is -3.88. The summed E-state index contributed by atoms with van der Waals surface area (Å²) >= 11 is 3.19. The van der Waals surface area contributed by atoms with Crippen molar-refractivity contribution < 1.29 is 65.8 Å². The summed E-state index contributed by atoms with van der Waals surface area (Å²) in [6.07, 6.45) is 2.14. The van der Waals surface area contributed by atoms with Crippen molar-refractivity contribution >= 4 is 92.8 Å². The Kier molecular flexibility index (Phi) is 17.3. The first-order valence-corrected chi connectivity index (χ1v) is 31.7. The quantitative estimate of drug-likeness (QED) is 0.0817. The number of carbonyl (C=O) groups is 10. The zero-order valence-corrected chi connectivity index (χ0v) is 51.0. The number of hydrogen-bond acceptors (Lipinski definition) is 16. The van der Waals surface area contributed by atoms with E-state index in [0.29, 0.717) is 45.7 Å². The summed E-state index contributed by atoms with van der Waals surface area (Å²) in [5, 5.41) is 0. The molecule has 0 N–H and O–H groups in total. The lowest BCUT2D eigenvalue weighted by Gasteiger charge is -2.23. The van der Waals surface area contributed by atoms with Crippen LogP contribution in [-0.4, -0.2) is 140 Å². The zero-order valence-electron chi connectivity index (χ0n) is 48.6. The van der Waals surface area contributed by atoms with Crippen LogP contribution < -0.4 is 0 Å². The molecule has 0 unspecified atom stereocenters. The lowest BCUT2D eigenvalue weighted by Crippen LogP contribution is -2.36. The molecule has 22 heteroatoms. The molecule has 0 saturated carbocycles. The molecular weight excluding hydrogens is 1170 g/mol. The van der Waals surface area contributed by atoms with Crippen LogP contribution in [0, 0.1) is 0 Å². The predicted molar refractivity (Wildman–Crippen MR) is 322 cm³/mol. The molecule has 6 aromatic carbocycles. The van der Waals surface area contributed by atoms with Crippen molar-refractivity contribution in [3.63, 3.8) is 0 Å². The Morgan fingerprint density at radius 1 is 0.425 bits per heavy atom. The second-order valence-electron chi connectivity index (χ2n) is 23.1. The van der Waals surface area contributed by atoms with Gasteiger partial charge in [0.15, 0.2) is 9.84 Å². The van der Waals surface area contributed by atoms with Crippen LogP contribution in [0.3, 0.4) is 0 Å². The Hall–Kier alpha value is -8.73. The molecule has 0 atom stereocenters. The highest BCUT2D eigenvalue weighted by atomic mass is 32.2. The topological polar surface area (TPSA) is 240 Å². The average molecular weight is 1230 g/mol. The molecule has 6 aromatic rings. The molecule has 1 aliphatic carbocycles. The number of fused-ring (bicyclic) bond motifs is 6. The maximum absolute atomic E-state index is 12.9. The number of sulfone groups is 1. The number of thioether (sulfide) groups is 2. The second-order valence-corrected chi connectivity index (χ2v) is 27.5. The predicted octanol–water partition coefficient (Wildman–Crippen LogP) is 10.2. The molecule has 0 spiro atoms. The van der Waals surface area contributed by atoms with Gasteiger partial charge in [0, 0.05) is 52.1 Å². The van der Waals surface area contributed by atoms with Crippen LogP contribution in [0.2, 0.25) is 0 Å². The summed E-state index contributed by atoms with van der Waals surface area (Å²) in [5.74, 6) is -2.08. The highest BCUT2D eigenvalue weighted by Crippen LogP contribution is 2.33. The van der Waals surface area contributed by atoms with E-state index in [9.17, 15) is 56.4 Å². The van der Waals surface area contributed by atoms with Crippen LogP contribution in [0.15, 0.2) is 142 Å². The Balaban J connectivity index is 0.000000147. The summed E-state index contributed by atoms with van der Waals surface area (Å²) in [4.78, 5) is 132. The van der Waals surface area contributed by atoms with Crippen LogP contribution in [-0.2, 0) is 45.2 Å². The first kappa shape index (κ1) is 61.4. The number of benzene rings is 6. The smallest absolute Gasteiger partial charge is 0.417 e. The molecule has 0 fully saturated rings. The van der Waals surface area contributed by atoms with Crippen molar-refractivity contribution in [1.29, 1.82) is 0 Å². The van der Waals surface area contributed by atoms with Gasteiger partial charge >= 0.3 is 12.2 Å². The van der Waals surface area contributed by atoms with Crippen LogP contribution in [0.5, 0.6) is 0 Å². The minimum atomic E-state index is -3.88. The van der Waals surface area contributed by atoms with E-state index in [0.717, 1.165) is 30.9 Å². The standard InChI is InChI=1S/C23H22N2O7S.C23H22N2O5S.C19H17NO2S/c1-23(2,3)32-22(29)25-13-14-12-15(8-9-16(14)19(25)26)33(30,31)11-10-24-20(27)17-6-4-5-7-18(17)21(24)28;1-23(2,3)30-22(29)25-13-14-12-15(8-9-16(14)19(25)26)31-11-10-24-20(27)17-6-4-5-7-18(17)21(24)28;21-18-16-6-1-2-7-17(16)19(22)20(18)10-11-23-15-9-8-13-4-3-5-14(13)12-15/h4-9,12H,10-11,13H2,1-3H3;4-9,12H,10-11,13H2,1-3H3;1-2,6-9,12H,3-5,10-11H2. The monoisotopic (exact) mass is 1230 g/mol. The molecule has 6 aliphatic rings. The molecule has 0 radical (unpaired) electrons. The van der Waals surface area contributed by atoms with Crippen LogP contribution in [0.1, 0.15) is 153 Å². The molecule has 0 bridgehead atoms. The largest absolute Gasteiger partial charge is 0.443 e. The number of rotatable bonds is 12. The van der Waals surface area contributed by atoms with Gasteiger partial charge in [-0.05, 0) is 168 Å². The van der Waals surface area contributed by atoms with Crippen LogP contribution in [0.4, 0.5) is 9.59 Å². The van der Waals surface area contributed by atoms with Gasteiger partial charge in [-0.3, -0.25) is 53.1 Å². The summed E-state index contributed by atoms with van der Waals surface area (Å²) < 4.78 is 36.4. The zero-order chi connectivity index (χ0) is 62.3. The molecule has 448 valence electrons. The number of carbonyl (C=O) groups excluding carboxylic acids is 10. The van der Waals surface area contributed by atoms with Gasteiger partial charge in [0.25, 0.3) is 47.3 Å². The Labute approximate surface area is 511 Å². The van der Waals surface area contributed by atoms with Gasteiger partial charge in [0.2, 0.25) is 0 Å². The first-order chi connectivity index (χ1) is 41.3. The van der Waals surface area contributed by atoms with Gasteiger partial charge in [-0.1, -0.05) is 42.5 Å². The average Bonchev–Trinajstić information content (AvgIpc) is 3.30. The highest BCUT2D eigenvalue weighted by molar-refractivity contribution is 7.99. The van der Waals surface area contributed by atoms with Crippen molar-refractivity contribution in [2.75, 3.05) is 36.9 Å². The SMILES string of the molecule is CC(C)(C)OC(=O)N1Cc2cc(S(=O)(=O)CCN3C(=O)c4ccccc4C3=O)ccc2C1=O.CC(C)(C)OC(=O)N1Cc2cc(SCCN3C(=O)c4ccccc4C3=O)ccc2C1=O.O=C1c2ccccc2C(=O)N1CCSc1ccc2c(c1)CCC2. The number of imide groups is 5. The van der Waals surface area contributed by atoms with E-state index in [1.54, 1.807) is 120 Å². The first-order valence-electron chi connectivity index (χ1n) is 28.1. The van der Waals surface area contributed by atoms with E-state index >= 15 is 0 Å². The number of amides is 10. The van der Waals surface area contributed by atoms with Gasteiger partial charge in [-0.15, -0.1) is 23.5 Å². The highest BCUT2D eigenvalue weighted by Gasteiger charge is 2.40. The molecule has 87 heavy (non-hydrogen) atoms. The fourth-order valence-corrected chi connectivity index (χ4v) is 13.7. The molecule has 0 saturated heterocycles. The fraction of sp³-hybridized carbons (Fsp3) is 0.292. The van der Waals surface area contributed by atoms with Crippen LogP contribution >= 0.6 is 23.5 Å². The van der Waals surface area contributed by atoms with Crippen molar-refractivity contribution in [2.45, 2.75) is 99.8 Å². The van der Waals surface area contributed by atoms with Gasteiger partial charge in [0.1, 0.15) is 11.2 Å².